The monoisotopic (exact) mass is 265 g/mol. The van der Waals surface area contributed by atoms with Crippen LogP contribution in [0.15, 0.2) is 30.5 Å². The van der Waals surface area contributed by atoms with Gasteiger partial charge in [-0.2, -0.15) is 0 Å². The number of Topliss-reactive ketones (excluding diaryl/α,β-unsaturated/α-hetero) is 1. The van der Waals surface area contributed by atoms with Crippen LogP contribution < -0.4 is 0 Å². The molecular weight excluding hydrogens is 254 g/mol. The summed E-state index contributed by atoms with van der Waals surface area (Å²) in [5, 5.41) is -0.289. The summed E-state index contributed by atoms with van der Waals surface area (Å²) in [6.07, 6.45) is 1.36. The molecule has 2 aromatic rings. The molecule has 1 aromatic carbocycles. The highest BCUT2D eigenvalue weighted by Crippen LogP contribution is 2.25. The highest BCUT2D eigenvalue weighted by Gasteiger charge is 2.21. The minimum Gasteiger partial charge on any atom is -0.362 e. The predicted molar refractivity (Wildman–Crippen MR) is 68.8 cm³/mol. The first-order valence-electron chi connectivity index (χ1n) is 5.42. The second-order valence-corrected chi connectivity index (χ2v) is 4.25. The molecule has 0 spiro atoms. The zero-order valence-corrected chi connectivity index (χ0v) is 10.8. The molecule has 4 nitrogen and oxygen atoms in total. The van der Waals surface area contributed by atoms with Crippen molar-refractivity contribution in [3.63, 3.8) is 0 Å². The molecule has 0 aliphatic rings. The van der Waals surface area contributed by atoms with Crippen LogP contribution in [0.2, 0.25) is 0 Å². The minimum absolute atomic E-state index is 0.234. The Balaban J connectivity index is 2.69. The number of rotatable bonds is 4. The molecule has 0 N–H and O–H groups in total. The topological polar surface area (TPSA) is 48.3 Å². The molecule has 1 heterocycles. The summed E-state index contributed by atoms with van der Waals surface area (Å²) in [6.45, 7) is 1.85. The van der Waals surface area contributed by atoms with E-state index in [4.69, 9.17) is 16.3 Å². The number of methoxy groups -OCH3 is 1. The zero-order chi connectivity index (χ0) is 13.3. The van der Waals surface area contributed by atoms with Gasteiger partial charge in [-0.1, -0.05) is 18.2 Å². The Morgan fingerprint density at radius 1 is 1.33 bits per heavy atom. The van der Waals surface area contributed by atoms with Gasteiger partial charge >= 0.3 is 0 Å². The van der Waals surface area contributed by atoms with Gasteiger partial charge in [-0.05, 0) is 24.6 Å². The molecule has 0 amide bonds. The van der Waals surface area contributed by atoms with Crippen LogP contribution >= 0.6 is 11.6 Å². The van der Waals surface area contributed by atoms with Crippen molar-refractivity contribution in [2.45, 2.75) is 13.2 Å². The molecule has 5 heteroatoms. The summed E-state index contributed by atoms with van der Waals surface area (Å²) >= 11 is 5.26. The fraction of sp³-hybridized carbons (Fsp3) is 0.231. The lowest BCUT2D eigenvalue weighted by Gasteiger charge is -2.12. The van der Waals surface area contributed by atoms with Crippen LogP contribution in [0.3, 0.4) is 0 Å². The Labute approximate surface area is 109 Å². The quantitative estimate of drug-likeness (QED) is 0.485. The Hall–Kier alpha value is -1.65. The van der Waals surface area contributed by atoms with Crippen LogP contribution in [0, 0.1) is 0 Å². The first-order valence-corrected chi connectivity index (χ1v) is 5.80. The van der Waals surface area contributed by atoms with Crippen molar-refractivity contribution < 1.29 is 14.3 Å². The van der Waals surface area contributed by atoms with Gasteiger partial charge in [0.15, 0.2) is 0 Å². The smallest absolute Gasteiger partial charge is 0.293 e. The zero-order valence-electron chi connectivity index (χ0n) is 10.0. The van der Waals surface area contributed by atoms with Crippen molar-refractivity contribution in [2.24, 2.45) is 0 Å². The summed E-state index contributed by atoms with van der Waals surface area (Å²) < 4.78 is 7.03. The Kier molecular flexibility index (Phi) is 3.50. The SMILES string of the molecule is COC(C)n1cc(C(=O)C(=O)Cl)c2ccccc21. The molecule has 0 radical (unpaired) electrons. The number of carbonyl (C=O) groups is 2. The third-order valence-corrected chi connectivity index (χ3v) is 3.07. The fourth-order valence-corrected chi connectivity index (χ4v) is 2.01. The van der Waals surface area contributed by atoms with E-state index in [1.54, 1.807) is 30.0 Å². The molecule has 0 fully saturated rings. The van der Waals surface area contributed by atoms with E-state index in [1.165, 1.54) is 0 Å². The lowest BCUT2D eigenvalue weighted by molar-refractivity contribution is -0.108. The number of benzene rings is 1. The standard InChI is InChI=1S/C13H12ClNO3/c1-8(18-2)15-7-10(12(16)13(14)17)9-5-3-4-6-11(9)15/h3-8H,1-2H3. The Bertz CT molecular complexity index is 618. The van der Waals surface area contributed by atoms with E-state index in [0.29, 0.717) is 10.9 Å². The minimum atomic E-state index is -0.983. The van der Waals surface area contributed by atoms with Crippen LogP contribution in [0.4, 0.5) is 0 Å². The number of aromatic nitrogens is 1. The largest absolute Gasteiger partial charge is 0.362 e. The van der Waals surface area contributed by atoms with E-state index in [0.717, 1.165) is 5.52 Å². The maximum Gasteiger partial charge on any atom is 0.293 e. The lowest BCUT2D eigenvalue weighted by Crippen LogP contribution is -2.08. The van der Waals surface area contributed by atoms with Crippen molar-refractivity contribution >= 4 is 33.5 Å². The molecule has 0 bridgehead atoms. The average Bonchev–Trinajstić information content (AvgIpc) is 2.76. The number of nitrogens with zero attached hydrogens (tertiary/aromatic N) is 1. The second kappa shape index (κ2) is 4.92. The van der Waals surface area contributed by atoms with Crippen LogP contribution in [0.25, 0.3) is 10.9 Å². The lowest BCUT2D eigenvalue weighted by atomic mass is 10.1. The number of hydrogen-bond donors (Lipinski definition) is 0. The molecule has 94 valence electrons. The summed E-state index contributed by atoms with van der Waals surface area (Å²) in [5.74, 6) is -0.699. The van der Waals surface area contributed by atoms with Crippen LogP contribution in [0.5, 0.6) is 0 Å². The molecule has 1 unspecified atom stereocenters. The fourth-order valence-electron chi connectivity index (χ4n) is 1.91. The number of hydrogen-bond acceptors (Lipinski definition) is 3. The maximum absolute atomic E-state index is 11.7. The molecule has 0 aliphatic heterocycles. The number of ketones is 1. The third kappa shape index (κ3) is 2.05. The van der Waals surface area contributed by atoms with Crippen LogP contribution in [-0.4, -0.2) is 22.7 Å². The molecule has 0 saturated heterocycles. The van der Waals surface area contributed by atoms with E-state index >= 15 is 0 Å². The molecule has 0 aliphatic carbocycles. The Morgan fingerprint density at radius 2 is 2.00 bits per heavy atom. The van der Waals surface area contributed by atoms with Gasteiger partial charge in [-0.25, -0.2) is 0 Å². The molecule has 1 atom stereocenters. The van der Waals surface area contributed by atoms with E-state index in [2.05, 4.69) is 0 Å². The number of halogens is 1. The first kappa shape index (κ1) is 12.8. The van der Waals surface area contributed by atoms with Crippen molar-refractivity contribution in [1.82, 2.24) is 4.57 Å². The van der Waals surface area contributed by atoms with E-state index in [9.17, 15) is 9.59 Å². The van der Waals surface area contributed by atoms with Crippen molar-refractivity contribution in [2.75, 3.05) is 7.11 Å². The van der Waals surface area contributed by atoms with Gasteiger partial charge in [-0.15, -0.1) is 0 Å². The molecule has 0 saturated carbocycles. The maximum atomic E-state index is 11.7. The van der Waals surface area contributed by atoms with Gasteiger partial charge < -0.3 is 9.30 Å². The van der Waals surface area contributed by atoms with Gasteiger partial charge in [0, 0.05) is 18.7 Å². The summed E-state index contributed by atoms with van der Waals surface area (Å²) in [4.78, 5) is 22.8. The van der Waals surface area contributed by atoms with Crippen molar-refractivity contribution in [3.8, 4) is 0 Å². The predicted octanol–water partition coefficient (Wildman–Crippen LogP) is 2.75. The molecule has 1 aromatic heterocycles. The number of ether oxygens (including phenoxy) is 1. The van der Waals surface area contributed by atoms with E-state index < -0.39 is 11.0 Å². The summed E-state index contributed by atoms with van der Waals surface area (Å²) in [6, 6.07) is 7.30. The van der Waals surface area contributed by atoms with E-state index in [-0.39, 0.29) is 6.23 Å². The van der Waals surface area contributed by atoms with Crippen molar-refractivity contribution in [3.05, 3.63) is 36.0 Å². The number of fused-ring (bicyclic) bond motifs is 1. The summed E-state index contributed by atoms with van der Waals surface area (Å²) in [7, 11) is 1.58. The summed E-state index contributed by atoms with van der Waals surface area (Å²) in [5.41, 5.74) is 1.13. The Morgan fingerprint density at radius 3 is 2.61 bits per heavy atom. The van der Waals surface area contributed by atoms with Gasteiger partial charge in [-0.3, -0.25) is 9.59 Å². The average molecular weight is 266 g/mol. The van der Waals surface area contributed by atoms with Gasteiger partial charge in [0.05, 0.1) is 11.1 Å². The second-order valence-electron chi connectivity index (χ2n) is 3.91. The molecule has 18 heavy (non-hydrogen) atoms. The highest BCUT2D eigenvalue weighted by atomic mass is 35.5. The van der Waals surface area contributed by atoms with E-state index in [1.807, 2.05) is 19.1 Å². The highest BCUT2D eigenvalue weighted by molar-refractivity contribution is 6.83. The normalized spacial score (nSPS) is 12.6. The molecular formula is C13H12ClNO3. The van der Waals surface area contributed by atoms with Crippen LogP contribution in [-0.2, 0) is 9.53 Å². The van der Waals surface area contributed by atoms with Crippen molar-refractivity contribution in [1.29, 1.82) is 0 Å². The number of para-hydroxylation sites is 1. The van der Waals surface area contributed by atoms with Gasteiger partial charge in [0.25, 0.3) is 5.24 Å². The van der Waals surface area contributed by atoms with Gasteiger partial charge in [0.1, 0.15) is 6.23 Å². The van der Waals surface area contributed by atoms with Crippen LogP contribution in [0.1, 0.15) is 23.5 Å². The first-order chi connectivity index (χ1) is 8.56. The number of carbonyl (C=O) groups excluding carboxylic acids is 2. The molecule has 2 rings (SSSR count). The third-order valence-electron chi connectivity index (χ3n) is 2.90. The van der Waals surface area contributed by atoms with Gasteiger partial charge in [0.2, 0.25) is 5.78 Å².